The van der Waals surface area contributed by atoms with Gasteiger partial charge in [0.2, 0.25) is 11.1 Å². The first-order valence-electron chi connectivity index (χ1n) is 8.70. The third kappa shape index (κ3) is 3.83. The summed E-state index contributed by atoms with van der Waals surface area (Å²) >= 11 is 1.38. The van der Waals surface area contributed by atoms with E-state index < -0.39 is 0 Å². The third-order valence-electron chi connectivity index (χ3n) is 4.22. The number of carbonyl (C=O) groups is 1. The van der Waals surface area contributed by atoms with Crippen LogP contribution in [0.5, 0.6) is 0 Å². The van der Waals surface area contributed by atoms with Gasteiger partial charge in [0.1, 0.15) is 11.6 Å². The fraction of sp³-hybridized carbons (Fsp3) is 0.316. The number of nitrogens with zero attached hydrogens (tertiary/aromatic N) is 3. The van der Waals surface area contributed by atoms with Crippen LogP contribution in [-0.2, 0) is 11.3 Å². The molecule has 0 spiro atoms. The smallest absolute Gasteiger partial charge is 0.233 e. The van der Waals surface area contributed by atoms with Gasteiger partial charge in [0.25, 0.3) is 0 Å². The van der Waals surface area contributed by atoms with Crippen molar-refractivity contribution in [2.75, 3.05) is 0 Å². The lowest BCUT2D eigenvalue weighted by Gasteiger charge is -2.08. The van der Waals surface area contributed by atoms with E-state index in [-0.39, 0.29) is 11.2 Å². The van der Waals surface area contributed by atoms with Crippen LogP contribution in [0.1, 0.15) is 37.3 Å². The summed E-state index contributed by atoms with van der Waals surface area (Å²) in [6, 6.07) is 13.7. The maximum Gasteiger partial charge on any atom is 0.233 e. The highest BCUT2D eigenvalue weighted by molar-refractivity contribution is 8.00. The van der Waals surface area contributed by atoms with Gasteiger partial charge in [0.05, 0.1) is 23.7 Å². The number of hydrogen-bond acceptors (Lipinski definition) is 5. The zero-order valence-corrected chi connectivity index (χ0v) is 15.3. The zero-order chi connectivity index (χ0) is 17.9. The summed E-state index contributed by atoms with van der Waals surface area (Å²) in [6.45, 7) is 2.25. The van der Waals surface area contributed by atoms with E-state index in [1.807, 2.05) is 48.0 Å². The molecule has 1 N–H and O–H groups in total. The molecule has 1 unspecified atom stereocenters. The SMILES string of the molecule is CC(Sc1nc(C2CC2)n(-c2ccccc2)n1)C(=O)NCc1ccco1. The lowest BCUT2D eigenvalue weighted by atomic mass is 10.3. The number of carbonyl (C=O) groups excluding carboxylic acids is 1. The molecule has 1 amide bonds. The van der Waals surface area contributed by atoms with Crippen molar-refractivity contribution in [3.63, 3.8) is 0 Å². The van der Waals surface area contributed by atoms with Crippen molar-refractivity contribution in [1.82, 2.24) is 20.1 Å². The molecule has 1 atom stereocenters. The molecule has 1 aliphatic rings. The van der Waals surface area contributed by atoms with Crippen molar-refractivity contribution in [1.29, 1.82) is 0 Å². The van der Waals surface area contributed by atoms with Crippen LogP contribution in [0.25, 0.3) is 5.69 Å². The Bertz CT molecular complexity index is 872. The normalized spacial score (nSPS) is 15.0. The number of amides is 1. The lowest BCUT2D eigenvalue weighted by molar-refractivity contribution is -0.120. The molecule has 1 saturated carbocycles. The molecule has 1 fully saturated rings. The van der Waals surface area contributed by atoms with E-state index in [1.54, 1.807) is 12.3 Å². The molecule has 0 radical (unpaired) electrons. The highest BCUT2D eigenvalue weighted by Gasteiger charge is 2.31. The number of rotatable bonds is 7. The van der Waals surface area contributed by atoms with Gasteiger partial charge in [-0.25, -0.2) is 9.67 Å². The molecule has 7 heteroatoms. The number of hydrogen-bond donors (Lipinski definition) is 1. The van der Waals surface area contributed by atoms with Crippen molar-refractivity contribution >= 4 is 17.7 Å². The van der Waals surface area contributed by atoms with Crippen molar-refractivity contribution < 1.29 is 9.21 Å². The first-order chi connectivity index (χ1) is 12.7. The monoisotopic (exact) mass is 368 g/mol. The molecule has 0 bridgehead atoms. The van der Waals surface area contributed by atoms with Crippen LogP contribution in [-0.4, -0.2) is 25.9 Å². The van der Waals surface area contributed by atoms with Crippen molar-refractivity contribution in [2.45, 2.75) is 42.6 Å². The van der Waals surface area contributed by atoms with E-state index in [0.717, 1.165) is 30.1 Å². The van der Waals surface area contributed by atoms with Crippen LogP contribution in [0, 0.1) is 0 Å². The summed E-state index contributed by atoms with van der Waals surface area (Å²) in [5.41, 5.74) is 1.00. The largest absolute Gasteiger partial charge is 0.467 e. The molecule has 134 valence electrons. The topological polar surface area (TPSA) is 73.0 Å². The Morgan fingerprint density at radius 1 is 1.31 bits per heavy atom. The van der Waals surface area contributed by atoms with Crippen LogP contribution in [0.4, 0.5) is 0 Å². The summed E-state index contributed by atoms with van der Waals surface area (Å²) in [5, 5.41) is 7.87. The predicted molar refractivity (Wildman–Crippen MR) is 99.2 cm³/mol. The van der Waals surface area contributed by atoms with E-state index in [4.69, 9.17) is 9.40 Å². The van der Waals surface area contributed by atoms with Crippen LogP contribution < -0.4 is 5.32 Å². The van der Waals surface area contributed by atoms with Gasteiger partial charge in [-0.15, -0.1) is 5.10 Å². The molecular weight excluding hydrogens is 348 g/mol. The molecule has 1 aromatic carbocycles. The van der Waals surface area contributed by atoms with Crippen molar-refractivity contribution in [2.24, 2.45) is 0 Å². The second kappa shape index (κ2) is 7.37. The van der Waals surface area contributed by atoms with E-state index in [2.05, 4.69) is 10.4 Å². The highest BCUT2D eigenvalue weighted by Crippen LogP contribution is 2.40. The van der Waals surface area contributed by atoms with Crippen molar-refractivity contribution in [3.05, 3.63) is 60.3 Å². The average Bonchev–Trinajstić information content (AvgIpc) is 3.21. The van der Waals surface area contributed by atoms with Gasteiger partial charge in [-0.2, -0.15) is 0 Å². The summed E-state index contributed by atoms with van der Waals surface area (Å²) < 4.78 is 7.14. The molecule has 1 aliphatic carbocycles. The summed E-state index contributed by atoms with van der Waals surface area (Å²) in [4.78, 5) is 17.0. The number of aromatic nitrogens is 3. The third-order valence-corrected chi connectivity index (χ3v) is 5.18. The quantitative estimate of drug-likeness (QED) is 0.646. The van der Waals surface area contributed by atoms with Gasteiger partial charge in [0, 0.05) is 5.92 Å². The molecule has 4 rings (SSSR count). The Hall–Kier alpha value is -2.54. The van der Waals surface area contributed by atoms with E-state index in [1.165, 1.54) is 11.8 Å². The van der Waals surface area contributed by atoms with Gasteiger partial charge in [-0.3, -0.25) is 4.79 Å². The van der Waals surface area contributed by atoms with Gasteiger partial charge in [0.15, 0.2) is 0 Å². The van der Waals surface area contributed by atoms with Gasteiger partial charge in [-0.05, 0) is 44.0 Å². The number of thioether (sulfide) groups is 1. The Kier molecular flexibility index (Phi) is 4.79. The average molecular weight is 368 g/mol. The van der Waals surface area contributed by atoms with Crippen LogP contribution in [0.3, 0.4) is 0 Å². The second-order valence-corrected chi connectivity index (χ2v) is 7.64. The molecule has 2 aromatic heterocycles. The Labute approximate surface area is 156 Å². The molecule has 0 aliphatic heterocycles. The van der Waals surface area contributed by atoms with Crippen molar-refractivity contribution in [3.8, 4) is 5.69 Å². The molecule has 3 aromatic rings. The molecular formula is C19H20N4O2S. The second-order valence-electron chi connectivity index (χ2n) is 6.33. The Balaban J connectivity index is 1.45. The maximum atomic E-state index is 12.3. The van der Waals surface area contributed by atoms with E-state index in [9.17, 15) is 4.79 Å². The maximum absolute atomic E-state index is 12.3. The van der Waals surface area contributed by atoms with Crippen LogP contribution >= 0.6 is 11.8 Å². The number of para-hydroxylation sites is 1. The summed E-state index contributed by atoms with van der Waals surface area (Å²) in [6.07, 6.45) is 3.89. The van der Waals surface area contributed by atoms with Gasteiger partial charge >= 0.3 is 0 Å². The standard InChI is InChI=1S/C19H20N4O2S/c1-13(18(24)20-12-16-8-5-11-25-16)26-19-21-17(14-9-10-14)23(22-19)15-6-3-2-4-7-15/h2-8,11,13-14H,9-10,12H2,1H3,(H,20,24). The minimum Gasteiger partial charge on any atom is -0.467 e. The predicted octanol–water partition coefficient (Wildman–Crippen LogP) is 3.53. The first kappa shape index (κ1) is 16.9. The number of furan rings is 1. The van der Waals surface area contributed by atoms with Crippen LogP contribution in [0.2, 0.25) is 0 Å². The highest BCUT2D eigenvalue weighted by atomic mass is 32.2. The van der Waals surface area contributed by atoms with E-state index >= 15 is 0 Å². The number of nitrogens with one attached hydrogen (secondary N) is 1. The number of benzene rings is 1. The minimum absolute atomic E-state index is 0.0598. The molecule has 6 nitrogen and oxygen atoms in total. The summed E-state index contributed by atoms with van der Waals surface area (Å²) in [5.74, 6) is 2.13. The Morgan fingerprint density at radius 3 is 2.81 bits per heavy atom. The van der Waals surface area contributed by atoms with E-state index in [0.29, 0.717) is 17.6 Å². The fourth-order valence-corrected chi connectivity index (χ4v) is 3.44. The zero-order valence-electron chi connectivity index (χ0n) is 14.5. The van der Waals surface area contributed by atoms with Crippen LogP contribution in [0.15, 0.2) is 58.3 Å². The Morgan fingerprint density at radius 2 is 2.12 bits per heavy atom. The lowest BCUT2D eigenvalue weighted by Crippen LogP contribution is -2.30. The fourth-order valence-electron chi connectivity index (χ4n) is 2.66. The van der Waals surface area contributed by atoms with Gasteiger partial charge < -0.3 is 9.73 Å². The summed E-state index contributed by atoms with van der Waals surface area (Å²) in [7, 11) is 0. The molecule has 26 heavy (non-hydrogen) atoms. The first-order valence-corrected chi connectivity index (χ1v) is 9.58. The molecule has 2 heterocycles. The minimum atomic E-state index is -0.288. The van der Waals surface area contributed by atoms with Gasteiger partial charge in [-0.1, -0.05) is 30.0 Å². The molecule has 0 saturated heterocycles.